The summed E-state index contributed by atoms with van der Waals surface area (Å²) in [6.45, 7) is 1.99. The molecule has 4 aromatic rings. The van der Waals surface area contributed by atoms with Crippen molar-refractivity contribution in [1.82, 2.24) is 24.6 Å². The molecule has 1 aromatic carbocycles. The van der Waals surface area contributed by atoms with Gasteiger partial charge in [-0.3, -0.25) is 0 Å². The minimum atomic E-state index is -0.263. The van der Waals surface area contributed by atoms with Crippen LogP contribution in [0.5, 0.6) is 0 Å². The van der Waals surface area contributed by atoms with Crippen LogP contribution in [0.4, 0.5) is 16.0 Å². The number of nitrogen functional groups attached to an aromatic ring is 1. The molecule has 4 rings (SSSR count). The fourth-order valence-electron chi connectivity index (χ4n) is 2.92. The highest BCUT2D eigenvalue weighted by molar-refractivity contribution is 7.98. The Balaban J connectivity index is 1.74. The zero-order valence-corrected chi connectivity index (χ0v) is 16.1. The normalized spacial score (nSPS) is 12.2. The molecule has 3 aromatic heterocycles. The SMILES string of the molecule is CSc1nc(NC(C)c2ccc(F)cc2)cc(-c2c(N)nn3cccnc23)n1. The number of hydrogen-bond donors (Lipinski definition) is 2. The lowest BCUT2D eigenvalue weighted by Crippen LogP contribution is -2.09. The lowest BCUT2D eigenvalue weighted by atomic mass is 10.1. The maximum absolute atomic E-state index is 13.2. The molecule has 7 nitrogen and oxygen atoms in total. The summed E-state index contributed by atoms with van der Waals surface area (Å²) in [7, 11) is 0. The van der Waals surface area contributed by atoms with Gasteiger partial charge in [-0.1, -0.05) is 23.9 Å². The Kier molecular flexibility index (Phi) is 4.82. The van der Waals surface area contributed by atoms with Crippen molar-refractivity contribution in [1.29, 1.82) is 0 Å². The zero-order chi connectivity index (χ0) is 19.7. The molecule has 0 amide bonds. The van der Waals surface area contributed by atoms with E-state index in [1.807, 2.05) is 19.2 Å². The average Bonchev–Trinajstić information content (AvgIpc) is 3.03. The monoisotopic (exact) mass is 395 g/mol. The fraction of sp³-hybridized carbons (Fsp3) is 0.158. The first-order valence-electron chi connectivity index (χ1n) is 8.59. The molecule has 0 saturated carbocycles. The number of thioether (sulfide) groups is 1. The summed E-state index contributed by atoms with van der Waals surface area (Å²) in [6, 6.07) is 9.91. The first kappa shape index (κ1) is 18.2. The van der Waals surface area contributed by atoms with Crippen LogP contribution in [-0.4, -0.2) is 30.8 Å². The van der Waals surface area contributed by atoms with Crippen molar-refractivity contribution in [3.8, 4) is 11.3 Å². The van der Waals surface area contributed by atoms with Crippen molar-refractivity contribution in [2.45, 2.75) is 18.1 Å². The number of benzene rings is 1. The molecule has 0 fully saturated rings. The van der Waals surface area contributed by atoms with E-state index < -0.39 is 0 Å². The molecule has 0 saturated heterocycles. The minimum Gasteiger partial charge on any atom is -0.382 e. The van der Waals surface area contributed by atoms with E-state index in [9.17, 15) is 4.39 Å². The smallest absolute Gasteiger partial charge is 0.189 e. The number of fused-ring (bicyclic) bond motifs is 1. The number of nitrogens with one attached hydrogen (secondary N) is 1. The van der Waals surface area contributed by atoms with Crippen molar-refractivity contribution in [3.05, 3.63) is 60.2 Å². The lowest BCUT2D eigenvalue weighted by molar-refractivity contribution is 0.626. The van der Waals surface area contributed by atoms with Gasteiger partial charge in [0.25, 0.3) is 0 Å². The van der Waals surface area contributed by atoms with E-state index in [4.69, 9.17) is 5.73 Å². The molecule has 0 aliphatic heterocycles. The topological polar surface area (TPSA) is 94.0 Å². The van der Waals surface area contributed by atoms with Gasteiger partial charge in [0.15, 0.2) is 16.6 Å². The van der Waals surface area contributed by atoms with Crippen molar-refractivity contribution in [2.24, 2.45) is 0 Å². The first-order chi connectivity index (χ1) is 13.5. The molecule has 0 spiro atoms. The Bertz CT molecular complexity index is 1130. The van der Waals surface area contributed by atoms with Crippen LogP contribution in [0.15, 0.2) is 53.9 Å². The van der Waals surface area contributed by atoms with E-state index in [1.54, 1.807) is 35.1 Å². The molecule has 0 bridgehead atoms. The number of nitrogens with zero attached hydrogens (tertiary/aromatic N) is 5. The summed E-state index contributed by atoms with van der Waals surface area (Å²) in [6.07, 6.45) is 5.38. The Labute approximate surface area is 165 Å². The summed E-state index contributed by atoms with van der Waals surface area (Å²) < 4.78 is 14.8. The molecule has 3 heterocycles. The van der Waals surface area contributed by atoms with Crippen molar-refractivity contribution >= 4 is 29.0 Å². The van der Waals surface area contributed by atoms with E-state index >= 15 is 0 Å². The zero-order valence-electron chi connectivity index (χ0n) is 15.3. The van der Waals surface area contributed by atoms with Crippen LogP contribution in [0, 0.1) is 5.82 Å². The molecule has 1 unspecified atom stereocenters. The highest BCUT2D eigenvalue weighted by Gasteiger charge is 2.17. The number of rotatable bonds is 5. The average molecular weight is 395 g/mol. The second-order valence-electron chi connectivity index (χ2n) is 6.19. The number of anilines is 2. The van der Waals surface area contributed by atoms with E-state index in [1.165, 1.54) is 23.9 Å². The highest BCUT2D eigenvalue weighted by atomic mass is 32.2. The van der Waals surface area contributed by atoms with E-state index in [2.05, 4.69) is 25.4 Å². The Morgan fingerprint density at radius 1 is 1.21 bits per heavy atom. The Morgan fingerprint density at radius 3 is 2.75 bits per heavy atom. The molecule has 0 aliphatic carbocycles. The second kappa shape index (κ2) is 7.43. The summed E-state index contributed by atoms with van der Waals surface area (Å²) in [4.78, 5) is 13.5. The molecular formula is C19H18FN7S. The number of aromatic nitrogens is 5. The largest absolute Gasteiger partial charge is 0.382 e. The van der Waals surface area contributed by atoms with Crippen LogP contribution in [0.25, 0.3) is 16.9 Å². The summed E-state index contributed by atoms with van der Waals surface area (Å²) in [5.74, 6) is 0.726. The van der Waals surface area contributed by atoms with Crippen molar-refractivity contribution in [3.63, 3.8) is 0 Å². The van der Waals surface area contributed by atoms with Crippen LogP contribution in [-0.2, 0) is 0 Å². The maximum Gasteiger partial charge on any atom is 0.189 e. The molecule has 0 radical (unpaired) electrons. The summed E-state index contributed by atoms with van der Waals surface area (Å²) in [5, 5.41) is 8.25. The van der Waals surface area contributed by atoms with Gasteiger partial charge >= 0.3 is 0 Å². The van der Waals surface area contributed by atoms with Gasteiger partial charge in [-0.2, -0.15) is 0 Å². The van der Waals surface area contributed by atoms with Gasteiger partial charge in [0, 0.05) is 24.5 Å². The van der Waals surface area contributed by atoms with E-state index in [0.29, 0.717) is 33.7 Å². The Morgan fingerprint density at radius 2 is 2.00 bits per heavy atom. The third kappa shape index (κ3) is 3.48. The summed E-state index contributed by atoms with van der Waals surface area (Å²) in [5.41, 5.74) is 9.02. The molecular weight excluding hydrogens is 377 g/mol. The molecule has 142 valence electrons. The van der Waals surface area contributed by atoms with Gasteiger partial charge < -0.3 is 11.1 Å². The van der Waals surface area contributed by atoms with Crippen molar-refractivity contribution in [2.75, 3.05) is 17.3 Å². The third-order valence-corrected chi connectivity index (χ3v) is 4.85. The fourth-order valence-corrected chi connectivity index (χ4v) is 3.30. The highest BCUT2D eigenvalue weighted by Crippen LogP contribution is 2.31. The predicted octanol–water partition coefficient (Wildman–Crippen LogP) is 3.80. The minimum absolute atomic E-state index is 0.0718. The quantitative estimate of drug-likeness (QED) is 0.392. The van der Waals surface area contributed by atoms with Gasteiger partial charge in [0.1, 0.15) is 11.6 Å². The Hall–Kier alpha value is -3.20. The number of halogens is 1. The van der Waals surface area contributed by atoms with Crippen LogP contribution in [0.2, 0.25) is 0 Å². The standard InChI is InChI=1S/C19H18FN7S/c1-11(12-4-6-13(20)7-5-12)23-15-10-14(24-19(25-15)28-2)16-17(21)26-27-9-3-8-22-18(16)27/h3-11H,1-2H3,(H2,21,26)(H,23,24,25). The van der Waals surface area contributed by atoms with Crippen molar-refractivity contribution < 1.29 is 4.39 Å². The van der Waals surface area contributed by atoms with Crippen LogP contribution >= 0.6 is 11.8 Å². The van der Waals surface area contributed by atoms with E-state index in [-0.39, 0.29) is 11.9 Å². The lowest BCUT2D eigenvalue weighted by Gasteiger charge is -2.16. The van der Waals surface area contributed by atoms with Gasteiger partial charge in [-0.05, 0) is 36.9 Å². The van der Waals surface area contributed by atoms with Crippen LogP contribution < -0.4 is 11.1 Å². The van der Waals surface area contributed by atoms with Gasteiger partial charge in [-0.25, -0.2) is 23.9 Å². The number of hydrogen-bond acceptors (Lipinski definition) is 7. The number of nitrogens with two attached hydrogens (primary N) is 1. The van der Waals surface area contributed by atoms with Crippen LogP contribution in [0.3, 0.4) is 0 Å². The maximum atomic E-state index is 13.2. The first-order valence-corrected chi connectivity index (χ1v) is 9.82. The molecule has 3 N–H and O–H groups in total. The molecule has 1 atom stereocenters. The molecule has 9 heteroatoms. The van der Waals surface area contributed by atoms with E-state index in [0.717, 1.165) is 5.56 Å². The van der Waals surface area contributed by atoms with Crippen LogP contribution in [0.1, 0.15) is 18.5 Å². The predicted molar refractivity (Wildman–Crippen MR) is 109 cm³/mol. The second-order valence-corrected chi connectivity index (χ2v) is 6.96. The molecule has 28 heavy (non-hydrogen) atoms. The van der Waals surface area contributed by atoms with Gasteiger partial charge in [0.2, 0.25) is 0 Å². The van der Waals surface area contributed by atoms with Gasteiger partial charge in [0.05, 0.1) is 11.3 Å². The third-order valence-electron chi connectivity index (χ3n) is 4.30. The van der Waals surface area contributed by atoms with Gasteiger partial charge in [-0.15, -0.1) is 5.10 Å². The molecule has 0 aliphatic rings. The summed E-state index contributed by atoms with van der Waals surface area (Å²) >= 11 is 1.43.